The molecule has 0 aliphatic carbocycles. The standard InChI is InChI=1S/C18H17ClFNO/c1-11(2)16-17(14-5-3-4-6-15(14)19)21(18(16)22)13-9-7-12(20)8-10-13/h3-11,16-17H,1-2H3/t16-,17-/m0/s1. The fourth-order valence-electron chi connectivity index (χ4n) is 3.10. The Kier molecular flexibility index (Phi) is 3.92. The average Bonchev–Trinajstić information content (AvgIpc) is 2.47. The van der Waals surface area contributed by atoms with E-state index in [9.17, 15) is 9.18 Å². The normalized spacial score (nSPS) is 21.1. The molecule has 2 nitrogen and oxygen atoms in total. The zero-order valence-corrected chi connectivity index (χ0v) is 13.2. The maximum atomic E-state index is 13.1. The molecule has 0 spiro atoms. The molecule has 4 heteroatoms. The van der Waals surface area contributed by atoms with Gasteiger partial charge < -0.3 is 4.90 Å². The van der Waals surface area contributed by atoms with Crippen LogP contribution in [0.25, 0.3) is 0 Å². The molecule has 2 atom stereocenters. The third-order valence-electron chi connectivity index (χ3n) is 4.19. The SMILES string of the molecule is CC(C)[C@@H]1C(=O)N(c2ccc(F)cc2)[C@H]1c1ccccc1Cl. The van der Waals surface area contributed by atoms with Crippen LogP contribution in [-0.4, -0.2) is 5.91 Å². The number of carbonyl (C=O) groups excluding carboxylic acids is 1. The van der Waals surface area contributed by atoms with Gasteiger partial charge in [0.15, 0.2) is 0 Å². The van der Waals surface area contributed by atoms with Crippen LogP contribution in [0.3, 0.4) is 0 Å². The van der Waals surface area contributed by atoms with Crippen molar-refractivity contribution in [2.75, 3.05) is 4.90 Å². The lowest BCUT2D eigenvalue weighted by atomic mass is 9.75. The minimum absolute atomic E-state index is 0.0616. The number of halogens is 2. The van der Waals surface area contributed by atoms with E-state index in [0.717, 1.165) is 5.56 Å². The van der Waals surface area contributed by atoms with Gasteiger partial charge in [-0.15, -0.1) is 0 Å². The van der Waals surface area contributed by atoms with Crippen molar-refractivity contribution in [2.45, 2.75) is 19.9 Å². The molecule has 0 aromatic heterocycles. The highest BCUT2D eigenvalue weighted by Gasteiger charge is 2.50. The molecular formula is C18H17ClFNO. The van der Waals surface area contributed by atoms with Crippen LogP contribution in [-0.2, 0) is 4.79 Å². The molecule has 2 aromatic rings. The van der Waals surface area contributed by atoms with E-state index in [2.05, 4.69) is 0 Å². The van der Waals surface area contributed by atoms with Gasteiger partial charge in [0.2, 0.25) is 5.91 Å². The van der Waals surface area contributed by atoms with Crippen molar-refractivity contribution in [3.8, 4) is 0 Å². The predicted molar refractivity (Wildman–Crippen MR) is 86.4 cm³/mol. The summed E-state index contributed by atoms with van der Waals surface area (Å²) in [5.74, 6) is -0.145. The summed E-state index contributed by atoms with van der Waals surface area (Å²) in [6, 6.07) is 13.5. The smallest absolute Gasteiger partial charge is 0.233 e. The molecule has 2 aromatic carbocycles. The number of hydrogen-bond acceptors (Lipinski definition) is 1. The zero-order chi connectivity index (χ0) is 15.9. The monoisotopic (exact) mass is 317 g/mol. The van der Waals surface area contributed by atoms with Gasteiger partial charge in [0.05, 0.1) is 12.0 Å². The second-order valence-corrected chi connectivity index (χ2v) is 6.33. The predicted octanol–water partition coefficient (Wildman–Crippen LogP) is 4.84. The summed E-state index contributed by atoms with van der Waals surface area (Å²) in [7, 11) is 0. The van der Waals surface area contributed by atoms with Crippen molar-refractivity contribution < 1.29 is 9.18 Å². The molecule has 0 radical (unpaired) electrons. The molecule has 0 N–H and O–H groups in total. The van der Waals surface area contributed by atoms with E-state index in [0.29, 0.717) is 10.7 Å². The van der Waals surface area contributed by atoms with Crippen LogP contribution < -0.4 is 4.90 Å². The van der Waals surface area contributed by atoms with Gasteiger partial charge in [-0.05, 0) is 41.8 Å². The Morgan fingerprint density at radius 2 is 1.73 bits per heavy atom. The molecule has 1 aliphatic heterocycles. The third-order valence-corrected chi connectivity index (χ3v) is 4.53. The van der Waals surface area contributed by atoms with Crippen molar-refractivity contribution in [1.29, 1.82) is 0 Å². The van der Waals surface area contributed by atoms with Crippen LogP contribution in [0.15, 0.2) is 48.5 Å². The number of rotatable bonds is 3. The maximum absolute atomic E-state index is 13.1. The number of carbonyl (C=O) groups is 1. The minimum atomic E-state index is -0.313. The van der Waals surface area contributed by atoms with Crippen molar-refractivity contribution in [1.82, 2.24) is 0 Å². The Hall–Kier alpha value is -1.87. The number of β-lactam (4-membered cyclic amide) rings is 1. The quantitative estimate of drug-likeness (QED) is 0.742. The first kappa shape index (κ1) is 15.0. The molecule has 1 amide bonds. The lowest BCUT2D eigenvalue weighted by Gasteiger charge is -2.49. The summed E-state index contributed by atoms with van der Waals surface area (Å²) in [5, 5.41) is 0.651. The van der Waals surface area contributed by atoms with Gasteiger partial charge in [-0.1, -0.05) is 43.6 Å². The van der Waals surface area contributed by atoms with Gasteiger partial charge in [-0.25, -0.2) is 4.39 Å². The fraction of sp³-hybridized carbons (Fsp3) is 0.278. The van der Waals surface area contributed by atoms with E-state index in [1.165, 1.54) is 12.1 Å². The highest BCUT2D eigenvalue weighted by Crippen LogP contribution is 2.48. The Bertz CT molecular complexity index is 698. The number of benzene rings is 2. The summed E-state index contributed by atoms with van der Waals surface area (Å²) >= 11 is 6.33. The first-order valence-corrected chi connectivity index (χ1v) is 7.71. The van der Waals surface area contributed by atoms with Crippen LogP contribution in [0.1, 0.15) is 25.5 Å². The largest absolute Gasteiger partial charge is 0.304 e. The van der Waals surface area contributed by atoms with Gasteiger partial charge in [-0.2, -0.15) is 0 Å². The van der Waals surface area contributed by atoms with Crippen molar-refractivity contribution >= 4 is 23.2 Å². The summed E-state index contributed by atoms with van der Waals surface area (Å²) in [5.41, 5.74) is 1.64. The number of nitrogens with zero attached hydrogens (tertiary/aromatic N) is 1. The number of anilines is 1. The molecule has 0 bridgehead atoms. The highest BCUT2D eigenvalue weighted by atomic mass is 35.5. The second-order valence-electron chi connectivity index (χ2n) is 5.92. The van der Waals surface area contributed by atoms with E-state index < -0.39 is 0 Å². The van der Waals surface area contributed by atoms with Gasteiger partial charge in [0, 0.05) is 10.7 Å². The fourth-order valence-corrected chi connectivity index (χ4v) is 3.35. The Morgan fingerprint density at radius 3 is 2.32 bits per heavy atom. The van der Waals surface area contributed by atoms with Gasteiger partial charge in [0.1, 0.15) is 5.82 Å². The summed E-state index contributed by atoms with van der Waals surface area (Å²) < 4.78 is 13.1. The van der Waals surface area contributed by atoms with Crippen LogP contribution >= 0.6 is 11.6 Å². The topological polar surface area (TPSA) is 20.3 Å². The maximum Gasteiger partial charge on any atom is 0.233 e. The second kappa shape index (κ2) is 5.73. The lowest BCUT2D eigenvalue weighted by Crippen LogP contribution is -2.57. The molecule has 114 valence electrons. The average molecular weight is 318 g/mol. The van der Waals surface area contributed by atoms with Gasteiger partial charge >= 0.3 is 0 Å². The van der Waals surface area contributed by atoms with E-state index >= 15 is 0 Å². The number of amides is 1. The number of hydrogen-bond donors (Lipinski definition) is 0. The zero-order valence-electron chi connectivity index (χ0n) is 12.5. The molecule has 1 heterocycles. The van der Waals surface area contributed by atoms with Crippen LogP contribution in [0.2, 0.25) is 5.02 Å². The van der Waals surface area contributed by atoms with E-state index in [-0.39, 0.29) is 29.6 Å². The van der Waals surface area contributed by atoms with Gasteiger partial charge in [0.25, 0.3) is 0 Å². The molecule has 1 saturated heterocycles. The van der Waals surface area contributed by atoms with E-state index in [1.54, 1.807) is 17.0 Å². The van der Waals surface area contributed by atoms with Crippen LogP contribution in [0.4, 0.5) is 10.1 Å². The third kappa shape index (κ3) is 2.40. The van der Waals surface area contributed by atoms with Crippen molar-refractivity contribution in [3.63, 3.8) is 0 Å². The van der Waals surface area contributed by atoms with Gasteiger partial charge in [-0.3, -0.25) is 4.79 Å². The molecule has 22 heavy (non-hydrogen) atoms. The molecule has 1 aliphatic rings. The summed E-state index contributed by atoms with van der Waals surface area (Å²) in [4.78, 5) is 14.3. The Balaban J connectivity index is 2.03. The molecule has 0 unspecified atom stereocenters. The van der Waals surface area contributed by atoms with Crippen molar-refractivity contribution in [2.24, 2.45) is 11.8 Å². The molecule has 1 fully saturated rings. The van der Waals surface area contributed by atoms with E-state index in [1.807, 2.05) is 38.1 Å². The Labute approximate surface area is 134 Å². The molecular weight excluding hydrogens is 301 g/mol. The van der Waals surface area contributed by atoms with Crippen LogP contribution in [0, 0.1) is 17.7 Å². The van der Waals surface area contributed by atoms with E-state index in [4.69, 9.17) is 11.6 Å². The Morgan fingerprint density at radius 1 is 1.09 bits per heavy atom. The molecule has 0 saturated carbocycles. The highest BCUT2D eigenvalue weighted by molar-refractivity contribution is 6.31. The van der Waals surface area contributed by atoms with Crippen LogP contribution in [0.5, 0.6) is 0 Å². The van der Waals surface area contributed by atoms with Crippen molar-refractivity contribution in [3.05, 3.63) is 64.9 Å². The summed E-state index contributed by atoms with van der Waals surface area (Å²) in [6.45, 7) is 4.07. The first-order chi connectivity index (χ1) is 10.5. The lowest BCUT2D eigenvalue weighted by molar-refractivity contribution is -0.132. The first-order valence-electron chi connectivity index (χ1n) is 7.33. The summed E-state index contributed by atoms with van der Waals surface area (Å²) in [6.07, 6.45) is 0. The molecule has 3 rings (SSSR count). The minimum Gasteiger partial charge on any atom is -0.304 e.